The van der Waals surface area contributed by atoms with Crippen molar-refractivity contribution in [3.8, 4) is 0 Å². The Balaban J connectivity index is 2.23. The van der Waals surface area contributed by atoms with Gasteiger partial charge in [-0.3, -0.25) is 4.79 Å². The van der Waals surface area contributed by atoms with E-state index >= 15 is 0 Å². The Morgan fingerprint density at radius 2 is 1.47 bits per heavy atom. The van der Waals surface area contributed by atoms with Gasteiger partial charge in [0.15, 0.2) is 6.04 Å². The molecule has 7 nitrogen and oxygen atoms in total. The first-order chi connectivity index (χ1) is 14.2. The van der Waals surface area contributed by atoms with Gasteiger partial charge in [-0.25, -0.2) is 9.59 Å². The average Bonchev–Trinajstić information content (AvgIpc) is 2.71. The van der Waals surface area contributed by atoms with Crippen molar-refractivity contribution in [2.24, 2.45) is 0 Å². The molecule has 0 fully saturated rings. The number of amides is 2. The lowest BCUT2D eigenvalue weighted by molar-refractivity contribution is -0.145. The van der Waals surface area contributed by atoms with Crippen molar-refractivity contribution in [2.45, 2.75) is 44.9 Å². The van der Waals surface area contributed by atoms with Crippen LogP contribution in [0.4, 0.5) is 4.79 Å². The van der Waals surface area contributed by atoms with Crippen LogP contribution in [0.5, 0.6) is 0 Å². The van der Waals surface area contributed by atoms with Crippen molar-refractivity contribution in [3.05, 3.63) is 71.8 Å². The molecule has 0 radical (unpaired) electrons. The Morgan fingerprint density at radius 3 is 2.00 bits per heavy atom. The van der Waals surface area contributed by atoms with Crippen molar-refractivity contribution in [1.82, 2.24) is 10.6 Å². The Kier molecular flexibility index (Phi) is 7.98. The van der Waals surface area contributed by atoms with E-state index in [-0.39, 0.29) is 6.42 Å². The smallest absolute Gasteiger partial charge is 0.408 e. The summed E-state index contributed by atoms with van der Waals surface area (Å²) in [5.41, 5.74) is 0.715. The molecule has 0 saturated carbocycles. The van der Waals surface area contributed by atoms with E-state index in [1.54, 1.807) is 45.0 Å². The number of hydrogen-bond donors (Lipinski definition) is 2. The van der Waals surface area contributed by atoms with Crippen LogP contribution in [0.3, 0.4) is 0 Å². The fourth-order valence-electron chi connectivity index (χ4n) is 2.79. The summed E-state index contributed by atoms with van der Waals surface area (Å²) >= 11 is 0. The minimum absolute atomic E-state index is 0.231. The Labute approximate surface area is 176 Å². The number of benzene rings is 2. The highest BCUT2D eigenvalue weighted by Crippen LogP contribution is 2.15. The highest BCUT2D eigenvalue weighted by atomic mass is 16.6. The average molecular weight is 412 g/mol. The highest BCUT2D eigenvalue weighted by molar-refractivity contribution is 5.90. The number of alkyl carbamates (subject to hydrolysis) is 1. The second kappa shape index (κ2) is 10.4. The lowest BCUT2D eigenvalue weighted by atomic mass is 10.0. The summed E-state index contributed by atoms with van der Waals surface area (Å²) in [6, 6.07) is 16.1. The first-order valence-electron chi connectivity index (χ1n) is 9.66. The number of nitrogens with one attached hydrogen (secondary N) is 2. The Morgan fingerprint density at radius 1 is 0.900 bits per heavy atom. The summed E-state index contributed by atoms with van der Waals surface area (Å²) in [5.74, 6) is -1.13. The van der Waals surface area contributed by atoms with Crippen LogP contribution >= 0.6 is 0 Å². The van der Waals surface area contributed by atoms with Gasteiger partial charge < -0.3 is 20.1 Å². The van der Waals surface area contributed by atoms with Crippen molar-refractivity contribution >= 4 is 18.0 Å². The third kappa shape index (κ3) is 7.24. The summed E-state index contributed by atoms with van der Waals surface area (Å²) in [6.07, 6.45) is -0.484. The molecule has 0 spiro atoms. The van der Waals surface area contributed by atoms with Crippen LogP contribution in [0.25, 0.3) is 0 Å². The molecule has 7 heteroatoms. The van der Waals surface area contributed by atoms with Gasteiger partial charge in [-0.05, 0) is 31.9 Å². The van der Waals surface area contributed by atoms with Gasteiger partial charge in [-0.1, -0.05) is 60.7 Å². The van der Waals surface area contributed by atoms with E-state index in [0.717, 1.165) is 5.56 Å². The van der Waals surface area contributed by atoms with Gasteiger partial charge in [0.1, 0.15) is 11.6 Å². The number of carbonyl (C=O) groups excluding carboxylic acids is 3. The topological polar surface area (TPSA) is 93.7 Å². The van der Waals surface area contributed by atoms with E-state index in [1.807, 2.05) is 36.4 Å². The van der Waals surface area contributed by atoms with Crippen LogP contribution < -0.4 is 10.6 Å². The summed E-state index contributed by atoms with van der Waals surface area (Å²) in [6.45, 7) is 5.21. The predicted octanol–water partition coefficient (Wildman–Crippen LogP) is 3.15. The van der Waals surface area contributed by atoms with E-state index in [0.29, 0.717) is 5.56 Å². The van der Waals surface area contributed by atoms with Crippen molar-refractivity contribution in [1.29, 1.82) is 0 Å². The van der Waals surface area contributed by atoms with Gasteiger partial charge in [-0.2, -0.15) is 0 Å². The SMILES string of the molecule is COC(=O)[C@@H](NC(=O)[C@H](Cc1ccccc1)NC(=O)OC(C)(C)C)c1ccccc1. The van der Waals surface area contributed by atoms with Crippen molar-refractivity contribution in [2.75, 3.05) is 7.11 Å². The number of hydrogen-bond acceptors (Lipinski definition) is 5. The molecule has 0 saturated heterocycles. The molecule has 0 aliphatic rings. The molecule has 0 aromatic heterocycles. The second-order valence-corrected chi connectivity index (χ2v) is 7.76. The molecule has 0 unspecified atom stereocenters. The number of rotatable bonds is 7. The van der Waals surface area contributed by atoms with Gasteiger partial charge >= 0.3 is 12.1 Å². The number of carbonyl (C=O) groups is 3. The summed E-state index contributed by atoms with van der Waals surface area (Å²) in [4.78, 5) is 37.7. The van der Waals surface area contributed by atoms with Crippen molar-refractivity contribution in [3.63, 3.8) is 0 Å². The molecule has 2 atom stereocenters. The normalized spacial score (nSPS) is 12.9. The van der Waals surface area contributed by atoms with E-state index in [2.05, 4.69) is 10.6 Å². The van der Waals surface area contributed by atoms with Crippen LogP contribution in [0.15, 0.2) is 60.7 Å². The monoisotopic (exact) mass is 412 g/mol. The molecule has 30 heavy (non-hydrogen) atoms. The first-order valence-corrected chi connectivity index (χ1v) is 9.66. The fraction of sp³-hybridized carbons (Fsp3) is 0.348. The molecule has 2 N–H and O–H groups in total. The molecule has 2 aromatic rings. The molecular formula is C23H28N2O5. The summed E-state index contributed by atoms with van der Waals surface area (Å²) < 4.78 is 10.1. The van der Waals surface area contributed by atoms with Crippen LogP contribution in [0.1, 0.15) is 37.9 Å². The molecular weight excluding hydrogens is 384 g/mol. The van der Waals surface area contributed by atoms with Gasteiger partial charge in [0, 0.05) is 6.42 Å². The molecule has 2 amide bonds. The molecule has 0 aliphatic carbocycles. The van der Waals surface area contributed by atoms with E-state index < -0.39 is 35.7 Å². The predicted molar refractivity (Wildman–Crippen MR) is 113 cm³/mol. The van der Waals surface area contributed by atoms with Gasteiger partial charge in [0.25, 0.3) is 0 Å². The lowest BCUT2D eigenvalue weighted by Gasteiger charge is -2.25. The first kappa shape index (κ1) is 22.9. The Hall–Kier alpha value is -3.35. The van der Waals surface area contributed by atoms with Crippen LogP contribution in [0.2, 0.25) is 0 Å². The highest BCUT2D eigenvalue weighted by Gasteiger charge is 2.29. The standard InChI is InChI=1S/C23H28N2O5/c1-23(2,3)30-22(28)24-18(15-16-11-7-5-8-12-16)20(26)25-19(21(27)29-4)17-13-9-6-10-14-17/h5-14,18-19H,15H2,1-4H3,(H,24,28)(H,25,26)/t18-,19-/m0/s1. The lowest BCUT2D eigenvalue weighted by Crippen LogP contribution is -2.51. The zero-order valence-corrected chi connectivity index (χ0v) is 17.7. The minimum Gasteiger partial charge on any atom is -0.467 e. The molecule has 2 rings (SSSR count). The maximum atomic E-state index is 13.1. The van der Waals surface area contributed by atoms with Gasteiger partial charge in [-0.15, -0.1) is 0 Å². The van der Waals surface area contributed by atoms with Gasteiger partial charge in [0.05, 0.1) is 7.11 Å². The molecule has 2 aromatic carbocycles. The Bertz CT molecular complexity index is 847. The number of methoxy groups -OCH3 is 1. The molecule has 0 aliphatic heterocycles. The molecule has 0 heterocycles. The van der Waals surface area contributed by atoms with Crippen molar-refractivity contribution < 1.29 is 23.9 Å². The number of esters is 1. The second-order valence-electron chi connectivity index (χ2n) is 7.76. The van der Waals surface area contributed by atoms with E-state index in [1.165, 1.54) is 7.11 Å². The fourth-order valence-corrected chi connectivity index (χ4v) is 2.79. The van der Waals surface area contributed by atoms with Crippen LogP contribution in [-0.4, -0.2) is 36.7 Å². The van der Waals surface area contributed by atoms with Gasteiger partial charge in [0.2, 0.25) is 5.91 Å². The minimum atomic E-state index is -0.998. The van der Waals surface area contributed by atoms with Crippen LogP contribution in [-0.2, 0) is 25.5 Å². The van der Waals surface area contributed by atoms with E-state index in [9.17, 15) is 14.4 Å². The number of ether oxygens (including phenoxy) is 2. The zero-order valence-electron chi connectivity index (χ0n) is 17.7. The maximum Gasteiger partial charge on any atom is 0.408 e. The largest absolute Gasteiger partial charge is 0.467 e. The molecule has 160 valence electrons. The maximum absolute atomic E-state index is 13.1. The quantitative estimate of drug-likeness (QED) is 0.682. The third-order valence-electron chi connectivity index (χ3n) is 4.15. The van der Waals surface area contributed by atoms with Crippen LogP contribution in [0, 0.1) is 0 Å². The van der Waals surface area contributed by atoms with E-state index in [4.69, 9.17) is 9.47 Å². The molecule has 0 bridgehead atoms. The zero-order chi connectivity index (χ0) is 22.1. The summed E-state index contributed by atoms with van der Waals surface area (Å²) in [7, 11) is 1.25. The summed E-state index contributed by atoms with van der Waals surface area (Å²) in [5, 5.41) is 5.30. The third-order valence-corrected chi connectivity index (χ3v) is 4.15.